The molecule has 0 bridgehead atoms. The summed E-state index contributed by atoms with van der Waals surface area (Å²) < 4.78 is 38.3. The quantitative estimate of drug-likeness (QED) is 0.444. The number of aryl methyl sites for hydroxylation is 3. The van der Waals surface area contributed by atoms with Gasteiger partial charge < -0.3 is 4.74 Å². The van der Waals surface area contributed by atoms with Gasteiger partial charge in [-0.25, -0.2) is 5.84 Å². The normalized spacial score (nSPS) is 10.8. The van der Waals surface area contributed by atoms with Crippen molar-refractivity contribution >= 4 is 26.0 Å². The van der Waals surface area contributed by atoms with Gasteiger partial charge in [0.15, 0.2) is 5.75 Å². The summed E-state index contributed by atoms with van der Waals surface area (Å²) in [5.41, 5.74) is 3.05. The monoisotopic (exact) mass is 417 g/mol. The second-order valence-electron chi connectivity index (χ2n) is 5.42. The first-order valence-corrected chi connectivity index (χ1v) is 9.27. The van der Waals surface area contributed by atoms with E-state index in [1.54, 1.807) is 39.3 Å². The van der Waals surface area contributed by atoms with E-state index in [1.807, 2.05) is 19.9 Å². The number of benzene rings is 1. The zero-order valence-corrected chi connectivity index (χ0v) is 16.7. The van der Waals surface area contributed by atoms with Crippen molar-refractivity contribution in [2.75, 3.05) is 13.0 Å². The average Bonchev–Trinajstić information content (AvgIpc) is 2.40. The maximum Gasteiger partial charge on any atom is 0.295 e. The molecule has 132 valence electrons. The third kappa shape index (κ3) is 5.19. The van der Waals surface area contributed by atoms with E-state index in [4.69, 9.17) is 15.1 Å². The Morgan fingerprint density at radius 3 is 2.04 bits per heavy atom. The maximum absolute atomic E-state index is 10.9. The fraction of sp³-hybridized carbons (Fsp3) is 0.312. The molecule has 3 N–H and O–H groups in total. The minimum atomic E-state index is -4.08. The molecule has 24 heavy (non-hydrogen) atoms. The molecular formula is C16H22BrN2O4S+. The van der Waals surface area contributed by atoms with Crippen molar-refractivity contribution in [3.63, 3.8) is 0 Å². The van der Waals surface area contributed by atoms with Gasteiger partial charge in [-0.2, -0.15) is 8.42 Å². The van der Waals surface area contributed by atoms with Crippen molar-refractivity contribution < 1.29 is 22.4 Å². The van der Waals surface area contributed by atoms with Crippen LogP contribution in [-0.4, -0.2) is 20.1 Å². The van der Waals surface area contributed by atoms with E-state index in [2.05, 4.69) is 15.9 Å². The summed E-state index contributed by atoms with van der Waals surface area (Å²) in [5, 5.41) is 0. The minimum Gasteiger partial charge on any atom is -0.490 e. The van der Waals surface area contributed by atoms with Gasteiger partial charge in [0.25, 0.3) is 10.1 Å². The van der Waals surface area contributed by atoms with Gasteiger partial charge in [-0.3, -0.25) is 4.55 Å². The first-order valence-electron chi connectivity index (χ1n) is 7.03. The number of hydrogen-bond acceptors (Lipinski definition) is 4. The van der Waals surface area contributed by atoms with E-state index in [0.717, 1.165) is 21.5 Å². The summed E-state index contributed by atoms with van der Waals surface area (Å²) in [6.07, 6.45) is 1.78. The Labute approximate surface area is 151 Å². The summed E-state index contributed by atoms with van der Waals surface area (Å²) >= 11 is 3.31. The van der Waals surface area contributed by atoms with Gasteiger partial charge in [0.1, 0.15) is 0 Å². The summed E-state index contributed by atoms with van der Waals surface area (Å²) in [5.74, 6) is 6.38. The Morgan fingerprint density at radius 2 is 1.62 bits per heavy atom. The molecule has 0 saturated heterocycles. The number of methoxy groups -OCH3 is 1. The molecule has 0 unspecified atom stereocenters. The third-order valence-electron chi connectivity index (χ3n) is 3.36. The van der Waals surface area contributed by atoms with E-state index in [1.165, 1.54) is 4.68 Å². The van der Waals surface area contributed by atoms with Gasteiger partial charge >= 0.3 is 0 Å². The largest absolute Gasteiger partial charge is 0.490 e. The number of halogens is 1. The van der Waals surface area contributed by atoms with Crippen LogP contribution in [0.2, 0.25) is 0 Å². The number of rotatable bonds is 2. The molecule has 1 aromatic carbocycles. The van der Waals surface area contributed by atoms with Crippen LogP contribution in [0.4, 0.5) is 0 Å². The SMILES string of the molecule is COc1cc(Br)c[n+](N)c1C.Cc1cc(C)c(S(=O)(=O)O)c(C)c1. The summed E-state index contributed by atoms with van der Waals surface area (Å²) in [6, 6.07) is 5.34. The van der Waals surface area contributed by atoms with E-state index in [0.29, 0.717) is 11.1 Å². The summed E-state index contributed by atoms with van der Waals surface area (Å²) in [6.45, 7) is 7.12. The van der Waals surface area contributed by atoms with Gasteiger partial charge in [-0.1, -0.05) is 22.4 Å². The minimum absolute atomic E-state index is 0.0260. The van der Waals surface area contributed by atoms with Crippen LogP contribution in [0.1, 0.15) is 22.4 Å². The van der Waals surface area contributed by atoms with Crippen molar-refractivity contribution in [3.05, 3.63) is 51.3 Å². The second kappa shape index (κ2) is 7.96. The molecule has 0 fully saturated rings. The van der Waals surface area contributed by atoms with Crippen LogP contribution >= 0.6 is 15.9 Å². The molecule has 0 aliphatic rings. The molecule has 0 amide bonds. The molecule has 2 aromatic rings. The van der Waals surface area contributed by atoms with Crippen molar-refractivity contribution in [2.24, 2.45) is 0 Å². The van der Waals surface area contributed by atoms with Gasteiger partial charge in [0.05, 0.1) is 16.5 Å². The van der Waals surface area contributed by atoms with Crippen LogP contribution in [0.25, 0.3) is 0 Å². The smallest absolute Gasteiger partial charge is 0.295 e. The highest BCUT2D eigenvalue weighted by molar-refractivity contribution is 9.10. The zero-order valence-electron chi connectivity index (χ0n) is 14.3. The number of aromatic nitrogens is 1. The van der Waals surface area contributed by atoms with E-state index in [9.17, 15) is 8.42 Å². The Morgan fingerprint density at radius 1 is 1.12 bits per heavy atom. The van der Waals surface area contributed by atoms with Gasteiger partial charge in [0, 0.05) is 13.0 Å². The summed E-state index contributed by atoms with van der Waals surface area (Å²) in [7, 11) is -2.46. The topological polar surface area (TPSA) is 93.5 Å². The molecule has 2 rings (SSSR count). The molecule has 0 spiro atoms. The number of ether oxygens (including phenoxy) is 1. The molecule has 0 aliphatic carbocycles. The molecule has 0 saturated carbocycles. The van der Waals surface area contributed by atoms with Gasteiger partial charge in [-0.15, -0.1) is 0 Å². The highest BCUT2D eigenvalue weighted by Crippen LogP contribution is 2.21. The van der Waals surface area contributed by atoms with Crippen LogP contribution in [0, 0.1) is 27.7 Å². The molecular weight excluding hydrogens is 396 g/mol. The molecule has 0 atom stereocenters. The first-order chi connectivity index (χ1) is 11.0. The highest BCUT2D eigenvalue weighted by Gasteiger charge is 2.16. The maximum atomic E-state index is 10.9. The Balaban J connectivity index is 0.000000243. The lowest BCUT2D eigenvalue weighted by atomic mass is 10.1. The Kier molecular flexibility index (Phi) is 6.76. The number of nitrogens with zero attached hydrogens (tertiary/aromatic N) is 1. The summed E-state index contributed by atoms with van der Waals surface area (Å²) in [4.78, 5) is 0.0260. The second-order valence-corrected chi connectivity index (χ2v) is 7.70. The van der Waals surface area contributed by atoms with Crippen LogP contribution in [0.3, 0.4) is 0 Å². The molecule has 0 aliphatic heterocycles. The molecule has 8 heteroatoms. The predicted octanol–water partition coefficient (Wildman–Crippen LogP) is 2.63. The van der Waals surface area contributed by atoms with Gasteiger partial charge in [-0.05, 0) is 47.8 Å². The van der Waals surface area contributed by atoms with Crippen LogP contribution in [-0.2, 0) is 10.1 Å². The standard InChI is InChI=1S/C9H12O3S.C7H10BrN2O/c1-6-4-7(2)9(8(3)5-6)13(10,11)12;1-5-7(11-2)3-6(8)4-10(5)9/h4-5H,1-3H3,(H,10,11,12);3-4H,9H2,1-2H3/q;+1. The molecule has 1 aromatic heterocycles. The zero-order chi connectivity index (χ0) is 18.7. The van der Waals surface area contributed by atoms with Crippen LogP contribution < -0.4 is 15.3 Å². The molecule has 1 heterocycles. The van der Waals surface area contributed by atoms with E-state index < -0.39 is 10.1 Å². The molecule has 0 radical (unpaired) electrons. The fourth-order valence-corrected chi connectivity index (χ4v) is 3.76. The van der Waals surface area contributed by atoms with Gasteiger partial charge in [0.2, 0.25) is 11.9 Å². The first kappa shape index (κ1) is 20.4. The van der Waals surface area contributed by atoms with Crippen molar-refractivity contribution in [3.8, 4) is 5.75 Å². The van der Waals surface area contributed by atoms with Crippen LogP contribution in [0.5, 0.6) is 5.75 Å². The van der Waals surface area contributed by atoms with Crippen molar-refractivity contribution in [1.29, 1.82) is 0 Å². The Bertz CT molecular complexity index is 828. The number of pyridine rings is 1. The molecule has 6 nitrogen and oxygen atoms in total. The predicted molar refractivity (Wildman–Crippen MR) is 96.2 cm³/mol. The lowest BCUT2D eigenvalue weighted by Crippen LogP contribution is -2.47. The Hall–Kier alpha value is -1.64. The lowest BCUT2D eigenvalue weighted by molar-refractivity contribution is -0.646. The highest BCUT2D eigenvalue weighted by atomic mass is 79.9. The van der Waals surface area contributed by atoms with E-state index >= 15 is 0 Å². The third-order valence-corrected chi connectivity index (χ3v) is 4.95. The number of nitrogens with two attached hydrogens (primary N) is 1. The van der Waals surface area contributed by atoms with E-state index in [-0.39, 0.29) is 4.90 Å². The number of hydrogen-bond donors (Lipinski definition) is 2. The van der Waals surface area contributed by atoms with Crippen molar-refractivity contribution in [1.82, 2.24) is 0 Å². The van der Waals surface area contributed by atoms with Crippen molar-refractivity contribution in [2.45, 2.75) is 32.6 Å². The lowest BCUT2D eigenvalue weighted by Gasteiger charge is -2.07. The fourth-order valence-electron chi connectivity index (χ4n) is 2.40. The van der Waals surface area contributed by atoms with Crippen LogP contribution in [0.15, 0.2) is 33.8 Å². The average molecular weight is 418 g/mol. The number of nitrogen functional groups attached to an aromatic ring is 1.